The molecule has 0 aromatic heterocycles. The van der Waals surface area contributed by atoms with Gasteiger partial charge in [-0.05, 0) is 57.9 Å². The number of nitrogens with zero attached hydrogens (tertiary/aromatic N) is 3. The number of nitrogens with one attached hydrogen (secondary N) is 2. The van der Waals surface area contributed by atoms with E-state index in [1.165, 1.54) is 45.2 Å². The van der Waals surface area contributed by atoms with Gasteiger partial charge in [-0.2, -0.15) is 0 Å². The maximum absolute atomic E-state index is 12.6. The zero-order chi connectivity index (χ0) is 18.6. The van der Waals surface area contributed by atoms with Gasteiger partial charge in [-0.1, -0.05) is 12.8 Å². The zero-order valence-electron chi connectivity index (χ0n) is 17.0. The van der Waals surface area contributed by atoms with E-state index in [-0.39, 0.29) is 0 Å². The summed E-state index contributed by atoms with van der Waals surface area (Å²) in [6.45, 7) is 8.12. The molecule has 2 N–H and O–H groups in total. The number of carbonyl (C=O) groups is 1. The number of hydrogen-bond acceptors (Lipinski definition) is 3. The molecule has 1 amide bonds. The predicted octanol–water partition coefficient (Wildman–Crippen LogP) is 1.82. The lowest BCUT2D eigenvalue weighted by atomic mass is 10.1. The molecule has 2 aliphatic heterocycles. The Morgan fingerprint density at radius 3 is 2.59 bits per heavy atom. The van der Waals surface area contributed by atoms with Crippen molar-refractivity contribution in [2.24, 2.45) is 16.8 Å². The molecule has 4 rings (SSSR count). The van der Waals surface area contributed by atoms with Crippen LogP contribution < -0.4 is 10.6 Å². The van der Waals surface area contributed by atoms with E-state index in [2.05, 4.69) is 27.4 Å². The van der Waals surface area contributed by atoms with E-state index in [0.29, 0.717) is 23.8 Å². The molecule has 2 saturated carbocycles. The molecule has 4 fully saturated rings. The lowest BCUT2D eigenvalue weighted by Crippen LogP contribution is -2.45. The Bertz CT molecular complexity index is 541. The lowest BCUT2D eigenvalue weighted by Gasteiger charge is -2.21. The molecule has 0 bridgehead atoms. The van der Waals surface area contributed by atoms with E-state index in [0.717, 1.165) is 57.4 Å². The summed E-state index contributed by atoms with van der Waals surface area (Å²) >= 11 is 0. The highest BCUT2D eigenvalue weighted by Gasteiger charge is 2.35. The molecule has 0 spiro atoms. The first-order chi connectivity index (χ1) is 13.2. The van der Waals surface area contributed by atoms with Gasteiger partial charge < -0.3 is 20.4 Å². The summed E-state index contributed by atoms with van der Waals surface area (Å²) in [5.41, 5.74) is 0. The molecule has 152 valence electrons. The van der Waals surface area contributed by atoms with E-state index >= 15 is 0 Å². The molecule has 0 aromatic carbocycles. The van der Waals surface area contributed by atoms with Crippen molar-refractivity contribution in [3.63, 3.8) is 0 Å². The highest BCUT2D eigenvalue weighted by Crippen LogP contribution is 2.31. The molecule has 2 heterocycles. The molecule has 2 saturated heterocycles. The minimum atomic E-state index is 0.294. The zero-order valence-corrected chi connectivity index (χ0v) is 17.0. The predicted molar refractivity (Wildman–Crippen MR) is 109 cm³/mol. The smallest absolute Gasteiger partial charge is 0.225 e. The summed E-state index contributed by atoms with van der Waals surface area (Å²) in [7, 11) is 0. The molecule has 2 unspecified atom stereocenters. The largest absolute Gasteiger partial charge is 0.357 e. The summed E-state index contributed by atoms with van der Waals surface area (Å²) in [5, 5.41) is 6.99. The molecule has 27 heavy (non-hydrogen) atoms. The van der Waals surface area contributed by atoms with Crippen LogP contribution in [0.3, 0.4) is 0 Å². The minimum absolute atomic E-state index is 0.294. The lowest BCUT2D eigenvalue weighted by molar-refractivity contribution is -0.134. The van der Waals surface area contributed by atoms with Gasteiger partial charge in [0.05, 0.1) is 0 Å². The molecule has 4 aliphatic rings. The van der Waals surface area contributed by atoms with Crippen molar-refractivity contribution in [3.05, 3.63) is 0 Å². The van der Waals surface area contributed by atoms with E-state index in [9.17, 15) is 4.79 Å². The average molecular weight is 376 g/mol. The summed E-state index contributed by atoms with van der Waals surface area (Å²) in [6.07, 6.45) is 9.75. The Kier molecular flexibility index (Phi) is 6.21. The first kappa shape index (κ1) is 19.0. The first-order valence-electron chi connectivity index (χ1n) is 11.3. The number of guanidine groups is 1. The highest BCUT2D eigenvalue weighted by molar-refractivity contribution is 5.81. The standard InChI is InChI=1S/C21H37N5O/c1-2-22-21(23-13-16-9-11-25(14-16)19-7-8-19)24-18-10-12-26(15-18)20(27)17-5-3-4-6-17/h16-19H,2-15H2,1H3,(H2,22,23,24). The van der Waals surface area contributed by atoms with E-state index < -0.39 is 0 Å². The normalized spacial score (nSPS) is 30.3. The summed E-state index contributed by atoms with van der Waals surface area (Å²) in [6, 6.07) is 1.21. The SMILES string of the molecule is CCNC(=NCC1CCN(C2CC2)C1)NC1CCN(C(=O)C2CCCC2)C1. The number of hydrogen-bond donors (Lipinski definition) is 2. The summed E-state index contributed by atoms with van der Waals surface area (Å²) in [5.74, 6) is 2.32. The monoisotopic (exact) mass is 375 g/mol. The van der Waals surface area contributed by atoms with Crippen molar-refractivity contribution in [2.45, 2.75) is 70.4 Å². The van der Waals surface area contributed by atoms with Crippen molar-refractivity contribution in [3.8, 4) is 0 Å². The fourth-order valence-corrected chi connectivity index (χ4v) is 5.03. The van der Waals surface area contributed by atoms with E-state index in [4.69, 9.17) is 4.99 Å². The van der Waals surface area contributed by atoms with Crippen molar-refractivity contribution in [1.29, 1.82) is 0 Å². The Labute approximate surface area is 164 Å². The highest BCUT2D eigenvalue weighted by atomic mass is 16.2. The van der Waals surface area contributed by atoms with Gasteiger partial charge in [-0.3, -0.25) is 9.79 Å². The van der Waals surface area contributed by atoms with Gasteiger partial charge in [0, 0.05) is 50.7 Å². The third-order valence-corrected chi connectivity index (χ3v) is 6.78. The van der Waals surface area contributed by atoms with E-state index in [1.807, 2.05) is 0 Å². The maximum atomic E-state index is 12.6. The second kappa shape index (κ2) is 8.80. The second-order valence-corrected chi connectivity index (χ2v) is 9.00. The molecule has 6 nitrogen and oxygen atoms in total. The van der Waals surface area contributed by atoms with Crippen LogP contribution >= 0.6 is 0 Å². The first-order valence-corrected chi connectivity index (χ1v) is 11.3. The van der Waals surface area contributed by atoms with Crippen LogP contribution in [0.4, 0.5) is 0 Å². The molecular weight excluding hydrogens is 338 g/mol. The van der Waals surface area contributed by atoms with Crippen molar-refractivity contribution < 1.29 is 4.79 Å². The van der Waals surface area contributed by atoms with Crippen molar-refractivity contribution in [2.75, 3.05) is 39.3 Å². The molecule has 6 heteroatoms. The van der Waals surface area contributed by atoms with Crippen LogP contribution in [0.15, 0.2) is 4.99 Å². The Hall–Kier alpha value is -1.30. The van der Waals surface area contributed by atoms with Gasteiger partial charge in [0.25, 0.3) is 0 Å². The summed E-state index contributed by atoms with van der Waals surface area (Å²) < 4.78 is 0. The number of aliphatic imine (C=N–C) groups is 1. The number of likely N-dealkylation sites (tertiary alicyclic amines) is 2. The van der Waals surface area contributed by atoms with Crippen LogP contribution in [0.1, 0.15) is 58.3 Å². The second-order valence-electron chi connectivity index (χ2n) is 9.00. The number of amides is 1. The van der Waals surface area contributed by atoms with Crippen LogP contribution in [0.25, 0.3) is 0 Å². The van der Waals surface area contributed by atoms with Crippen LogP contribution in [0.5, 0.6) is 0 Å². The third-order valence-electron chi connectivity index (χ3n) is 6.78. The maximum Gasteiger partial charge on any atom is 0.225 e. The van der Waals surface area contributed by atoms with Gasteiger partial charge in [-0.15, -0.1) is 0 Å². The molecule has 0 aromatic rings. The molecule has 0 radical (unpaired) electrons. The summed E-state index contributed by atoms with van der Waals surface area (Å²) in [4.78, 5) is 22.3. The van der Waals surface area contributed by atoms with Gasteiger partial charge >= 0.3 is 0 Å². The van der Waals surface area contributed by atoms with Gasteiger partial charge in [0.2, 0.25) is 5.91 Å². The Morgan fingerprint density at radius 1 is 1.04 bits per heavy atom. The van der Waals surface area contributed by atoms with Crippen molar-refractivity contribution in [1.82, 2.24) is 20.4 Å². The van der Waals surface area contributed by atoms with Crippen LogP contribution in [0.2, 0.25) is 0 Å². The van der Waals surface area contributed by atoms with Gasteiger partial charge in [0.15, 0.2) is 5.96 Å². The van der Waals surface area contributed by atoms with Crippen LogP contribution in [0, 0.1) is 11.8 Å². The fourth-order valence-electron chi connectivity index (χ4n) is 5.03. The van der Waals surface area contributed by atoms with Crippen molar-refractivity contribution >= 4 is 11.9 Å². The third kappa shape index (κ3) is 4.95. The topological polar surface area (TPSA) is 60.0 Å². The van der Waals surface area contributed by atoms with E-state index in [1.54, 1.807) is 0 Å². The quantitative estimate of drug-likeness (QED) is 0.549. The molecule has 2 aliphatic carbocycles. The molecular formula is C21H37N5O. The van der Waals surface area contributed by atoms with Crippen LogP contribution in [-0.4, -0.2) is 73.0 Å². The van der Waals surface area contributed by atoms with Gasteiger partial charge in [-0.25, -0.2) is 0 Å². The van der Waals surface area contributed by atoms with Gasteiger partial charge in [0.1, 0.15) is 0 Å². The number of carbonyl (C=O) groups excluding carboxylic acids is 1. The average Bonchev–Trinajstić information content (AvgIpc) is 3.11. The number of rotatable bonds is 6. The minimum Gasteiger partial charge on any atom is -0.357 e. The fraction of sp³-hybridized carbons (Fsp3) is 0.905. The Morgan fingerprint density at radius 2 is 1.85 bits per heavy atom. The molecule has 2 atom stereocenters. The van der Waals surface area contributed by atoms with Crippen LogP contribution in [-0.2, 0) is 4.79 Å². The Balaban J connectivity index is 1.24.